The fourth-order valence-electron chi connectivity index (χ4n) is 3.35. The molecule has 1 heterocycles. The molecule has 0 atom stereocenters. The molecule has 0 bridgehead atoms. The highest BCUT2D eigenvalue weighted by Crippen LogP contribution is 2.23. The van der Waals surface area contributed by atoms with E-state index in [0.717, 1.165) is 18.7 Å². The molecule has 6 nitrogen and oxygen atoms in total. The van der Waals surface area contributed by atoms with Gasteiger partial charge in [-0.25, -0.2) is 0 Å². The highest BCUT2D eigenvalue weighted by atomic mass is 16.2. The van der Waals surface area contributed by atoms with Crippen LogP contribution < -0.4 is 15.5 Å². The van der Waals surface area contributed by atoms with E-state index in [1.165, 1.54) is 0 Å². The van der Waals surface area contributed by atoms with Crippen LogP contribution >= 0.6 is 0 Å². The average Bonchev–Trinajstić information content (AvgIpc) is 3.21. The predicted octanol–water partition coefficient (Wildman–Crippen LogP) is 4.32. The zero-order chi connectivity index (χ0) is 20.9. The van der Waals surface area contributed by atoms with Crippen molar-refractivity contribution < 1.29 is 14.4 Å². The first-order valence-corrected chi connectivity index (χ1v) is 9.78. The van der Waals surface area contributed by atoms with Gasteiger partial charge in [0.25, 0.3) is 11.8 Å². The van der Waals surface area contributed by atoms with Crippen molar-refractivity contribution in [3.05, 3.63) is 90.0 Å². The lowest BCUT2D eigenvalue weighted by Crippen LogP contribution is -2.23. The molecule has 0 aliphatic carbocycles. The third kappa shape index (κ3) is 4.38. The summed E-state index contributed by atoms with van der Waals surface area (Å²) >= 11 is 0. The van der Waals surface area contributed by atoms with Gasteiger partial charge in [-0.3, -0.25) is 14.4 Å². The Hall–Kier alpha value is -3.93. The van der Waals surface area contributed by atoms with Crippen LogP contribution in [0.3, 0.4) is 0 Å². The van der Waals surface area contributed by atoms with Crippen molar-refractivity contribution in [3.8, 4) is 0 Å². The maximum atomic E-state index is 12.5. The first-order valence-electron chi connectivity index (χ1n) is 9.78. The summed E-state index contributed by atoms with van der Waals surface area (Å²) in [7, 11) is 0. The van der Waals surface area contributed by atoms with Gasteiger partial charge in [-0.05, 0) is 67.1 Å². The molecule has 3 aromatic carbocycles. The Morgan fingerprint density at radius 3 is 1.77 bits per heavy atom. The zero-order valence-corrected chi connectivity index (χ0v) is 16.3. The number of nitrogens with one attached hydrogen (secondary N) is 2. The summed E-state index contributed by atoms with van der Waals surface area (Å²) < 4.78 is 0. The standard InChI is InChI=1S/C24H21N3O3/c28-22-7-4-16-27(22)21-14-12-20(13-15-21)26-24(30)18-8-10-19(11-9-18)25-23(29)17-5-2-1-3-6-17/h1-3,5-6,8-15H,4,7,16H2,(H,25,29)(H,26,30). The molecule has 150 valence electrons. The van der Waals surface area contributed by atoms with Crippen molar-refractivity contribution in [1.29, 1.82) is 0 Å². The van der Waals surface area contributed by atoms with Gasteiger partial charge in [0.05, 0.1) is 0 Å². The third-order valence-corrected chi connectivity index (χ3v) is 4.95. The van der Waals surface area contributed by atoms with Crippen LogP contribution in [0, 0.1) is 0 Å². The minimum Gasteiger partial charge on any atom is -0.322 e. The quantitative estimate of drug-likeness (QED) is 0.671. The van der Waals surface area contributed by atoms with E-state index >= 15 is 0 Å². The van der Waals surface area contributed by atoms with Crippen LogP contribution in [-0.2, 0) is 4.79 Å². The van der Waals surface area contributed by atoms with Gasteiger partial charge in [0.15, 0.2) is 0 Å². The Morgan fingerprint density at radius 1 is 0.700 bits per heavy atom. The summed E-state index contributed by atoms with van der Waals surface area (Å²) in [5.41, 5.74) is 3.15. The summed E-state index contributed by atoms with van der Waals surface area (Å²) in [6, 6.07) is 22.9. The van der Waals surface area contributed by atoms with Crippen LogP contribution in [-0.4, -0.2) is 24.3 Å². The molecule has 0 spiro atoms. The lowest BCUT2D eigenvalue weighted by Gasteiger charge is -2.16. The number of carbonyl (C=O) groups excluding carboxylic acids is 3. The molecule has 1 saturated heterocycles. The van der Waals surface area contributed by atoms with Gasteiger partial charge in [-0.2, -0.15) is 0 Å². The van der Waals surface area contributed by atoms with Crippen molar-refractivity contribution in [3.63, 3.8) is 0 Å². The molecule has 1 aliphatic heterocycles. The first-order chi connectivity index (χ1) is 14.6. The number of rotatable bonds is 5. The highest BCUT2D eigenvalue weighted by Gasteiger charge is 2.21. The molecule has 1 fully saturated rings. The molecule has 30 heavy (non-hydrogen) atoms. The van der Waals surface area contributed by atoms with Crippen LogP contribution in [0.5, 0.6) is 0 Å². The van der Waals surface area contributed by atoms with E-state index in [4.69, 9.17) is 0 Å². The van der Waals surface area contributed by atoms with E-state index in [2.05, 4.69) is 10.6 Å². The smallest absolute Gasteiger partial charge is 0.255 e. The maximum Gasteiger partial charge on any atom is 0.255 e. The van der Waals surface area contributed by atoms with Crippen LogP contribution in [0.4, 0.5) is 17.1 Å². The fourth-order valence-corrected chi connectivity index (χ4v) is 3.35. The normalized spacial score (nSPS) is 13.2. The molecule has 3 amide bonds. The highest BCUT2D eigenvalue weighted by molar-refractivity contribution is 6.06. The van der Waals surface area contributed by atoms with E-state index in [1.807, 2.05) is 18.2 Å². The molecule has 0 radical (unpaired) electrons. The van der Waals surface area contributed by atoms with Gasteiger partial charge >= 0.3 is 0 Å². The summed E-state index contributed by atoms with van der Waals surface area (Å²) in [4.78, 5) is 38.3. The summed E-state index contributed by atoms with van der Waals surface area (Å²) in [6.07, 6.45) is 1.46. The number of amides is 3. The Morgan fingerprint density at radius 2 is 1.23 bits per heavy atom. The Kier molecular flexibility index (Phi) is 5.57. The van der Waals surface area contributed by atoms with E-state index in [9.17, 15) is 14.4 Å². The minimum atomic E-state index is -0.249. The topological polar surface area (TPSA) is 78.5 Å². The number of nitrogens with zero attached hydrogens (tertiary/aromatic N) is 1. The SMILES string of the molecule is O=C(Nc1ccc(C(=O)Nc2ccc(N3CCCC3=O)cc2)cc1)c1ccccc1. The number of hydrogen-bond donors (Lipinski definition) is 2. The molecule has 4 rings (SSSR count). The monoisotopic (exact) mass is 399 g/mol. The second kappa shape index (κ2) is 8.61. The van der Waals surface area contributed by atoms with Crippen LogP contribution in [0.25, 0.3) is 0 Å². The first kappa shape index (κ1) is 19.4. The molecule has 0 unspecified atom stereocenters. The lowest BCUT2D eigenvalue weighted by atomic mass is 10.1. The Labute approximate surface area is 174 Å². The number of hydrogen-bond acceptors (Lipinski definition) is 3. The van der Waals surface area contributed by atoms with Crippen molar-refractivity contribution in [2.45, 2.75) is 12.8 Å². The van der Waals surface area contributed by atoms with Crippen LogP contribution in [0.2, 0.25) is 0 Å². The lowest BCUT2D eigenvalue weighted by molar-refractivity contribution is -0.117. The summed E-state index contributed by atoms with van der Waals surface area (Å²) in [5.74, 6) is -0.323. The van der Waals surface area contributed by atoms with Gasteiger partial charge in [0, 0.05) is 41.2 Å². The van der Waals surface area contributed by atoms with Crippen LogP contribution in [0.1, 0.15) is 33.6 Å². The molecule has 0 saturated carbocycles. The number of benzene rings is 3. The molecule has 6 heteroatoms. The third-order valence-electron chi connectivity index (χ3n) is 4.95. The fraction of sp³-hybridized carbons (Fsp3) is 0.125. The van der Waals surface area contributed by atoms with Crippen molar-refractivity contribution in [2.75, 3.05) is 22.1 Å². The van der Waals surface area contributed by atoms with Gasteiger partial charge in [-0.1, -0.05) is 18.2 Å². The van der Waals surface area contributed by atoms with E-state index in [-0.39, 0.29) is 17.7 Å². The second-order valence-corrected chi connectivity index (χ2v) is 7.05. The van der Waals surface area contributed by atoms with Crippen molar-refractivity contribution >= 4 is 34.8 Å². The predicted molar refractivity (Wildman–Crippen MR) is 117 cm³/mol. The van der Waals surface area contributed by atoms with E-state index in [0.29, 0.717) is 28.9 Å². The Bertz CT molecular complexity index is 1060. The summed E-state index contributed by atoms with van der Waals surface area (Å²) in [5, 5.41) is 5.65. The average molecular weight is 399 g/mol. The van der Waals surface area contributed by atoms with Gasteiger partial charge in [0.2, 0.25) is 5.91 Å². The largest absolute Gasteiger partial charge is 0.322 e. The zero-order valence-electron chi connectivity index (χ0n) is 16.3. The van der Waals surface area contributed by atoms with Gasteiger partial charge in [0.1, 0.15) is 0 Å². The molecular formula is C24H21N3O3. The van der Waals surface area contributed by atoms with Gasteiger partial charge in [-0.15, -0.1) is 0 Å². The molecule has 1 aliphatic rings. The molecule has 3 aromatic rings. The van der Waals surface area contributed by atoms with Crippen molar-refractivity contribution in [2.24, 2.45) is 0 Å². The second-order valence-electron chi connectivity index (χ2n) is 7.05. The van der Waals surface area contributed by atoms with Crippen LogP contribution in [0.15, 0.2) is 78.9 Å². The van der Waals surface area contributed by atoms with E-state index in [1.54, 1.807) is 65.6 Å². The molecule has 2 N–H and O–H groups in total. The molecular weight excluding hydrogens is 378 g/mol. The molecule has 0 aromatic heterocycles. The summed E-state index contributed by atoms with van der Waals surface area (Å²) in [6.45, 7) is 0.734. The van der Waals surface area contributed by atoms with E-state index < -0.39 is 0 Å². The minimum absolute atomic E-state index is 0.131. The number of anilines is 3. The van der Waals surface area contributed by atoms with Crippen molar-refractivity contribution in [1.82, 2.24) is 0 Å². The van der Waals surface area contributed by atoms with Gasteiger partial charge < -0.3 is 15.5 Å². The number of carbonyl (C=O) groups is 3. The maximum absolute atomic E-state index is 12.5. The Balaban J connectivity index is 1.37.